The predicted octanol–water partition coefficient (Wildman–Crippen LogP) is 3.42. The van der Waals surface area contributed by atoms with E-state index in [0.717, 1.165) is 0 Å². The maximum atomic E-state index is 12.8. The fraction of sp³-hybridized carbons (Fsp3) is 0. The Kier molecular flexibility index (Phi) is 2.88. The van der Waals surface area contributed by atoms with Gasteiger partial charge >= 0.3 is 0 Å². The van der Waals surface area contributed by atoms with Gasteiger partial charge in [-0.25, -0.2) is 9.37 Å². The minimum Gasteiger partial charge on any atom is -0.430 e. The Hall–Kier alpha value is -1.14. The zero-order chi connectivity index (χ0) is 10.8. The normalized spacial score (nSPS) is 10.3. The molecule has 0 fully saturated rings. The van der Waals surface area contributed by atoms with Crippen molar-refractivity contribution in [1.29, 1.82) is 0 Å². The van der Waals surface area contributed by atoms with Gasteiger partial charge in [0, 0.05) is 0 Å². The molecule has 0 amide bonds. The van der Waals surface area contributed by atoms with Gasteiger partial charge in [-0.3, -0.25) is 0 Å². The van der Waals surface area contributed by atoms with Crippen molar-refractivity contribution in [3.05, 3.63) is 34.7 Å². The van der Waals surface area contributed by atoms with Gasteiger partial charge in [-0.2, -0.15) is 0 Å². The van der Waals surface area contributed by atoms with Crippen LogP contribution in [0.5, 0.6) is 10.9 Å². The molecule has 0 aliphatic rings. The Bertz CT molecular complexity index is 489. The number of hydrogen-bond donors (Lipinski definition) is 1. The van der Waals surface area contributed by atoms with Crippen molar-refractivity contribution in [1.82, 2.24) is 4.98 Å². The molecule has 1 aromatic carbocycles. The third-order valence-corrected chi connectivity index (χ3v) is 2.92. The molecule has 0 bridgehead atoms. The van der Waals surface area contributed by atoms with Crippen LogP contribution in [0, 0.1) is 5.82 Å². The highest BCUT2D eigenvalue weighted by Gasteiger charge is 2.06. The van der Waals surface area contributed by atoms with Crippen LogP contribution >= 0.6 is 27.3 Å². The lowest BCUT2D eigenvalue weighted by Gasteiger charge is -2.03. The molecule has 0 radical (unpaired) electrons. The van der Waals surface area contributed by atoms with E-state index >= 15 is 0 Å². The quantitative estimate of drug-likeness (QED) is 0.921. The van der Waals surface area contributed by atoms with Gasteiger partial charge in [0.05, 0.1) is 10.7 Å². The van der Waals surface area contributed by atoms with Crippen LogP contribution in [0.1, 0.15) is 0 Å². The molecule has 1 aromatic heterocycles. The maximum Gasteiger partial charge on any atom is 0.280 e. The number of rotatable bonds is 2. The van der Waals surface area contributed by atoms with Crippen LogP contribution < -0.4 is 10.5 Å². The first kappa shape index (κ1) is 10.4. The molecule has 15 heavy (non-hydrogen) atoms. The van der Waals surface area contributed by atoms with Crippen molar-refractivity contribution < 1.29 is 9.13 Å². The van der Waals surface area contributed by atoms with E-state index < -0.39 is 0 Å². The monoisotopic (exact) mass is 288 g/mol. The van der Waals surface area contributed by atoms with E-state index in [2.05, 4.69) is 20.9 Å². The largest absolute Gasteiger partial charge is 0.430 e. The van der Waals surface area contributed by atoms with Crippen LogP contribution in [0.4, 0.5) is 9.39 Å². The van der Waals surface area contributed by atoms with Gasteiger partial charge in [0.25, 0.3) is 5.19 Å². The van der Waals surface area contributed by atoms with Crippen molar-refractivity contribution in [2.75, 3.05) is 5.73 Å². The van der Waals surface area contributed by atoms with Gasteiger partial charge in [0.1, 0.15) is 16.6 Å². The number of nitrogens with zero attached hydrogens (tertiary/aromatic N) is 1. The van der Waals surface area contributed by atoms with Crippen LogP contribution in [0.2, 0.25) is 0 Å². The van der Waals surface area contributed by atoms with Crippen molar-refractivity contribution in [2.24, 2.45) is 0 Å². The highest BCUT2D eigenvalue weighted by molar-refractivity contribution is 9.10. The summed E-state index contributed by atoms with van der Waals surface area (Å²) in [5.74, 6) is 0.179. The minimum absolute atomic E-state index is 0.326. The summed E-state index contributed by atoms with van der Waals surface area (Å²) in [5.41, 5.74) is 5.50. The summed E-state index contributed by atoms with van der Waals surface area (Å²) in [6.07, 6.45) is 1.51. The highest BCUT2D eigenvalue weighted by Crippen LogP contribution is 2.32. The molecule has 6 heteroatoms. The molecule has 0 saturated heterocycles. The highest BCUT2D eigenvalue weighted by atomic mass is 79.9. The molecule has 0 saturated carbocycles. The molecular formula is C9H6BrFN2OS. The van der Waals surface area contributed by atoms with Crippen molar-refractivity contribution in [3.63, 3.8) is 0 Å². The first-order chi connectivity index (χ1) is 7.15. The summed E-state index contributed by atoms with van der Waals surface area (Å²) in [6.45, 7) is 0. The lowest BCUT2D eigenvalue weighted by molar-refractivity contribution is 0.473. The SMILES string of the molecule is Nc1cnc(Oc2ccc(F)cc2Br)s1. The Labute approximate surface area is 97.8 Å². The van der Waals surface area contributed by atoms with E-state index in [1.807, 2.05) is 0 Å². The van der Waals surface area contributed by atoms with Crippen LogP contribution in [0.25, 0.3) is 0 Å². The second-order valence-electron chi connectivity index (χ2n) is 2.71. The number of hydrogen-bond acceptors (Lipinski definition) is 4. The molecule has 0 aliphatic heterocycles. The summed E-state index contributed by atoms with van der Waals surface area (Å²) in [6, 6.07) is 4.17. The molecule has 0 atom stereocenters. The van der Waals surface area contributed by atoms with Gasteiger partial charge in [0.2, 0.25) is 0 Å². The lowest BCUT2D eigenvalue weighted by Crippen LogP contribution is -1.85. The molecule has 78 valence electrons. The summed E-state index contributed by atoms with van der Waals surface area (Å²) < 4.78 is 18.7. The molecular weight excluding hydrogens is 283 g/mol. The average molecular weight is 289 g/mol. The van der Waals surface area contributed by atoms with Crippen LogP contribution in [-0.2, 0) is 0 Å². The number of halogens is 2. The number of benzene rings is 1. The summed E-state index contributed by atoms with van der Waals surface area (Å²) in [5, 5.41) is 1.00. The second-order valence-corrected chi connectivity index (χ2v) is 4.58. The molecule has 0 unspecified atom stereocenters. The molecule has 1 heterocycles. The summed E-state index contributed by atoms with van der Waals surface area (Å²) in [4.78, 5) is 3.93. The van der Waals surface area contributed by atoms with Gasteiger partial charge in [0.15, 0.2) is 0 Å². The number of thiazole rings is 1. The molecule has 2 rings (SSSR count). The van der Waals surface area contributed by atoms with E-state index in [9.17, 15) is 4.39 Å². The van der Waals surface area contributed by atoms with Gasteiger partial charge < -0.3 is 10.5 Å². The Morgan fingerprint density at radius 2 is 2.27 bits per heavy atom. The number of aromatic nitrogens is 1. The first-order valence-electron chi connectivity index (χ1n) is 3.99. The lowest BCUT2D eigenvalue weighted by atomic mass is 10.3. The first-order valence-corrected chi connectivity index (χ1v) is 5.60. The van der Waals surface area contributed by atoms with Crippen molar-refractivity contribution in [2.45, 2.75) is 0 Å². The minimum atomic E-state index is -0.326. The van der Waals surface area contributed by atoms with Crippen molar-refractivity contribution in [3.8, 4) is 10.9 Å². The zero-order valence-electron chi connectivity index (χ0n) is 7.41. The second kappa shape index (κ2) is 4.16. The molecule has 2 N–H and O–H groups in total. The number of nitrogen functional groups attached to an aromatic ring is 1. The predicted molar refractivity (Wildman–Crippen MR) is 60.7 cm³/mol. The standard InChI is InChI=1S/C9H6BrFN2OS/c10-6-3-5(11)1-2-7(6)14-9-13-4-8(12)15-9/h1-4H,12H2. The number of nitrogens with two attached hydrogens (primary N) is 1. The Morgan fingerprint density at radius 3 is 2.87 bits per heavy atom. The number of anilines is 1. The van der Waals surface area contributed by atoms with Crippen molar-refractivity contribution >= 4 is 32.3 Å². The Balaban J connectivity index is 2.24. The molecule has 3 nitrogen and oxygen atoms in total. The fourth-order valence-electron chi connectivity index (χ4n) is 0.969. The van der Waals surface area contributed by atoms with Gasteiger partial charge in [-0.1, -0.05) is 11.3 Å². The summed E-state index contributed by atoms with van der Waals surface area (Å²) in [7, 11) is 0. The average Bonchev–Trinajstić information content (AvgIpc) is 2.56. The third kappa shape index (κ3) is 2.45. The zero-order valence-corrected chi connectivity index (χ0v) is 9.81. The molecule has 0 aliphatic carbocycles. The maximum absolute atomic E-state index is 12.8. The fourth-order valence-corrected chi connectivity index (χ4v) is 1.94. The van der Waals surface area contributed by atoms with Crippen LogP contribution in [0.3, 0.4) is 0 Å². The Morgan fingerprint density at radius 1 is 1.47 bits per heavy atom. The van der Waals surface area contributed by atoms with E-state index in [-0.39, 0.29) is 5.82 Å². The van der Waals surface area contributed by atoms with Crippen LogP contribution in [0.15, 0.2) is 28.9 Å². The van der Waals surface area contributed by atoms with E-state index in [1.165, 1.54) is 35.7 Å². The third-order valence-electron chi connectivity index (χ3n) is 1.59. The van der Waals surface area contributed by atoms with E-state index in [4.69, 9.17) is 10.5 Å². The summed E-state index contributed by atoms with van der Waals surface area (Å²) >= 11 is 4.42. The molecule has 0 spiro atoms. The molecule has 2 aromatic rings. The number of ether oxygens (including phenoxy) is 1. The smallest absolute Gasteiger partial charge is 0.280 e. The van der Waals surface area contributed by atoms with Gasteiger partial charge in [-0.05, 0) is 34.1 Å². The van der Waals surface area contributed by atoms with E-state index in [0.29, 0.717) is 20.4 Å². The van der Waals surface area contributed by atoms with Gasteiger partial charge in [-0.15, -0.1) is 0 Å². The van der Waals surface area contributed by atoms with Crippen LogP contribution in [-0.4, -0.2) is 4.98 Å². The topological polar surface area (TPSA) is 48.1 Å². The van der Waals surface area contributed by atoms with E-state index in [1.54, 1.807) is 0 Å².